The number of rotatable bonds is 3. The van der Waals surface area contributed by atoms with Crippen molar-refractivity contribution in [1.82, 2.24) is 4.98 Å². The summed E-state index contributed by atoms with van der Waals surface area (Å²) in [4.78, 5) is 6.27. The molecule has 0 amide bonds. The Labute approximate surface area is 104 Å². The van der Waals surface area contributed by atoms with E-state index in [-0.39, 0.29) is 5.82 Å². The van der Waals surface area contributed by atoms with E-state index >= 15 is 0 Å². The smallest absolute Gasteiger partial charge is 0.141 e. The molecule has 1 aliphatic rings. The fourth-order valence-electron chi connectivity index (χ4n) is 1.89. The number of anilines is 1. The van der Waals surface area contributed by atoms with Crippen LogP contribution in [0.5, 0.6) is 0 Å². The molecule has 2 heterocycles. The molecule has 0 radical (unpaired) electrons. The van der Waals surface area contributed by atoms with Crippen molar-refractivity contribution in [3.05, 3.63) is 23.6 Å². The number of thioether (sulfide) groups is 1. The summed E-state index contributed by atoms with van der Waals surface area (Å²) in [6.07, 6.45) is 2.41. The highest BCUT2D eigenvalue weighted by atomic mass is 35.5. The van der Waals surface area contributed by atoms with E-state index in [1.165, 1.54) is 18.0 Å². The molecule has 0 spiro atoms. The number of pyridine rings is 1. The van der Waals surface area contributed by atoms with Crippen LogP contribution in [0.25, 0.3) is 0 Å². The summed E-state index contributed by atoms with van der Waals surface area (Å²) in [7, 11) is 2.01. The van der Waals surface area contributed by atoms with Gasteiger partial charge in [-0.15, -0.1) is 11.6 Å². The summed E-state index contributed by atoms with van der Waals surface area (Å²) in [5, 5.41) is 0. The zero-order chi connectivity index (χ0) is 11.5. The number of nitrogens with zero attached hydrogens (tertiary/aromatic N) is 2. The summed E-state index contributed by atoms with van der Waals surface area (Å²) < 4.78 is 13.0. The Morgan fingerprint density at radius 3 is 3.12 bits per heavy atom. The maximum Gasteiger partial charge on any atom is 0.141 e. The Bertz CT molecular complexity index is 369. The second kappa shape index (κ2) is 5.23. The Balaban J connectivity index is 2.24. The van der Waals surface area contributed by atoms with Crippen LogP contribution in [0.2, 0.25) is 0 Å². The Morgan fingerprint density at radius 1 is 1.69 bits per heavy atom. The second-order valence-corrected chi connectivity index (χ2v) is 5.32. The molecule has 1 aromatic heterocycles. The lowest BCUT2D eigenvalue weighted by Crippen LogP contribution is -2.32. The lowest BCUT2D eigenvalue weighted by molar-refractivity contribution is 0.616. The molecule has 1 unspecified atom stereocenters. The van der Waals surface area contributed by atoms with Crippen LogP contribution in [0.4, 0.5) is 10.2 Å². The van der Waals surface area contributed by atoms with Gasteiger partial charge in [0.15, 0.2) is 0 Å². The molecule has 16 heavy (non-hydrogen) atoms. The van der Waals surface area contributed by atoms with E-state index in [9.17, 15) is 4.39 Å². The zero-order valence-electron chi connectivity index (χ0n) is 9.12. The van der Waals surface area contributed by atoms with E-state index in [1.54, 1.807) is 0 Å². The average Bonchev–Trinajstić information content (AvgIpc) is 2.81. The molecule has 88 valence electrons. The van der Waals surface area contributed by atoms with Crippen LogP contribution in [-0.4, -0.2) is 29.6 Å². The van der Waals surface area contributed by atoms with Crippen molar-refractivity contribution in [3.8, 4) is 0 Å². The van der Waals surface area contributed by atoms with Gasteiger partial charge in [0.1, 0.15) is 11.6 Å². The van der Waals surface area contributed by atoms with Crippen LogP contribution in [0, 0.1) is 5.82 Å². The van der Waals surface area contributed by atoms with Crippen molar-refractivity contribution in [1.29, 1.82) is 0 Å². The normalized spacial score (nSPS) is 20.1. The second-order valence-electron chi connectivity index (χ2n) is 3.90. The molecule has 2 rings (SSSR count). The number of hydrogen-bond donors (Lipinski definition) is 0. The van der Waals surface area contributed by atoms with Gasteiger partial charge in [0.2, 0.25) is 0 Å². The summed E-state index contributed by atoms with van der Waals surface area (Å²) in [6.45, 7) is 0. The third kappa shape index (κ3) is 2.43. The Kier molecular flexibility index (Phi) is 3.92. The van der Waals surface area contributed by atoms with Crippen molar-refractivity contribution in [2.45, 2.75) is 18.3 Å². The van der Waals surface area contributed by atoms with Crippen molar-refractivity contribution >= 4 is 29.2 Å². The van der Waals surface area contributed by atoms with Gasteiger partial charge in [-0.25, -0.2) is 9.37 Å². The first-order valence-corrected chi connectivity index (χ1v) is 6.92. The van der Waals surface area contributed by atoms with Crippen molar-refractivity contribution in [2.75, 3.05) is 23.5 Å². The van der Waals surface area contributed by atoms with Crippen molar-refractivity contribution < 1.29 is 4.39 Å². The van der Waals surface area contributed by atoms with Gasteiger partial charge in [0.25, 0.3) is 0 Å². The number of halogens is 2. The molecule has 1 atom stereocenters. The molecule has 0 saturated carbocycles. The molecule has 2 nitrogen and oxygen atoms in total. The molecule has 1 fully saturated rings. The molecule has 1 saturated heterocycles. The minimum atomic E-state index is -0.325. The molecule has 0 aliphatic carbocycles. The highest BCUT2D eigenvalue weighted by molar-refractivity contribution is 7.99. The standard InChI is InChI=1S/C11H14ClFN2S/c1-15(10-2-3-16-7-10)11-8(5-12)4-9(13)6-14-11/h4,6,10H,2-3,5,7H2,1H3. The van der Waals surface area contributed by atoms with E-state index in [0.717, 1.165) is 23.6 Å². The third-order valence-corrected chi connectivity index (χ3v) is 4.27. The van der Waals surface area contributed by atoms with Crippen molar-refractivity contribution in [2.24, 2.45) is 0 Å². The summed E-state index contributed by atoms with van der Waals surface area (Å²) in [6, 6.07) is 1.96. The predicted molar refractivity (Wildman–Crippen MR) is 67.9 cm³/mol. The van der Waals surface area contributed by atoms with E-state index in [0.29, 0.717) is 11.9 Å². The molecule has 0 bridgehead atoms. The van der Waals surface area contributed by atoms with Gasteiger partial charge in [-0.05, 0) is 18.2 Å². The maximum absolute atomic E-state index is 13.0. The highest BCUT2D eigenvalue weighted by Gasteiger charge is 2.22. The number of aromatic nitrogens is 1. The predicted octanol–water partition coefficient (Wildman–Crippen LogP) is 2.90. The molecular weight excluding hydrogens is 247 g/mol. The van der Waals surface area contributed by atoms with E-state index in [1.807, 2.05) is 18.8 Å². The van der Waals surface area contributed by atoms with Gasteiger partial charge in [0, 0.05) is 24.4 Å². The van der Waals surface area contributed by atoms with E-state index in [2.05, 4.69) is 9.88 Å². The van der Waals surface area contributed by atoms with E-state index < -0.39 is 0 Å². The number of alkyl halides is 1. The van der Waals surface area contributed by atoms with Crippen LogP contribution >= 0.6 is 23.4 Å². The van der Waals surface area contributed by atoms with Crippen LogP contribution in [-0.2, 0) is 5.88 Å². The molecule has 0 N–H and O–H groups in total. The van der Waals surface area contributed by atoms with Gasteiger partial charge in [-0.2, -0.15) is 11.8 Å². The van der Waals surface area contributed by atoms with Crippen molar-refractivity contribution in [3.63, 3.8) is 0 Å². The summed E-state index contributed by atoms with van der Waals surface area (Å²) in [5.74, 6) is 3.08. The van der Waals surface area contributed by atoms with Crippen LogP contribution in [0.1, 0.15) is 12.0 Å². The lowest BCUT2D eigenvalue weighted by atomic mass is 10.2. The first kappa shape index (κ1) is 12.0. The molecular formula is C11H14ClFN2S. The average molecular weight is 261 g/mol. The van der Waals surface area contributed by atoms with Gasteiger partial charge in [0.05, 0.1) is 12.1 Å². The zero-order valence-corrected chi connectivity index (χ0v) is 10.7. The van der Waals surface area contributed by atoms with E-state index in [4.69, 9.17) is 11.6 Å². The van der Waals surface area contributed by atoms with Gasteiger partial charge < -0.3 is 4.90 Å². The highest BCUT2D eigenvalue weighted by Crippen LogP contribution is 2.27. The van der Waals surface area contributed by atoms with Gasteiger partial charge in [-0.1, -0.05) is 0 Å². The fourth-order valence-corrected chi connectivity index (χ4v) is 3.35. The maximum atomic E-state index is 13.0. The topological polar surface area (TPSA) is 16.1 Å². The SMILES string of the molecule is CN(c1ncc(F)cc1CCl)C1CCSC1. The lowest BCUT2D eigenvalue weighted by Gasteiger charge is -2.26. The Morgan fingerprint density at radius 2 is 2.50 bits per heavy atom. The molecule has 0 aromatic carbocycles. The third-order valence-electron chi connectivity index (χ3n) is 2.84. The van der Waals surface area contributed by atoms with Crippen LogP contribution < -0.4 is 4.90 Å². The summed E-state index contributed by atoms with van der Waals surface area (Å²) >= 11 is 7.76. The Hall–Kier alpha value is -0.480. The summed E-state index contributed by atoms with van der Waals surface area (Å²) in [5.41, 5.74) is 0.765. The van der Waals surface area contributed by atoms with Crippen LogP contribution in [0.15, 0.2) is 12.3 Å². The number of hydrogen-bond acceptors (Lipinski definition) is 3. The quantitative estimate of drug-likeness (QED) is 0.778. The first-order chi connectivity index (χ1) is 7.72. The largest absolute Gasteiger partial charge is 0.356 e. The molecule has 1 aromatic rings. The first-order valence-electron chi connectivity index (χ1n) is 5.23. The molecule has 5 heteroatoms. The van der Waals surface area contributed by atoms with Crippen LogP contribution in [0.3, 0.4) is 0 Å². The van der Waals surface area contributed by atoms with Gasteiger partial charge >= 0.3 is 0 Å². The minimum absolute atomic E-state index is 0.296. The van der Waals surface area contributed by atoms with Gasteiger partial charge in [-0.3, -0.25) is 0 Å². The monoisotopic (exact) mass is 260 g/mol. The minimum Gasteiger partial charge on any atom is -0.356 e. The molecule has 1 aliphatic heterocycles. The fraction of sp³-hybridized carbons (Fsp3) is 0.545.